The molecule has 3 unspecified atom stereocenters. The monoisotopic (exact) mass is 701 g/mol. The van der Waals surface area contributed by atoms with Crippen LogP contribution in [0.4, 0.5) is 11.4 Å². The molecule has 1 saturated carbocycles. The van der Waals surface area contributed by atoms with Crippen LogP contribution in [0.2, 0.25) is 20.1 Å². The molecule has 3 aromatic rings. The molecule has 3 fully saturated rings. The summed E-state index contributed by atoms with van der Waals surface area (Å²) in [5.74, 6) is -4.58. The van der Waals surface area contributed by atoms with Crippen LogP contribution >= 0.6 is 46.4 Å². The summed E-state index contributed by atoms with van der Waals surface area (Å²) >= 11 is 25.8. The number of halogens is 4. The second-order valence-corrected chi connectivity index (χ2v) is 14.7. The molecule has 3 aliphatic heterocycles. The molecule has 3 heterocycles. The van der Waals surface area contributed by atoms with E-state index in [1.165, 1.54) is 6.07 Å². The maximum absolute atomic E-state index is 15.0. The molecule has 1 spiro atoms. The van der Waals surface area contributed by atoms with E-state index >= 15 is 0 Å². The van der Waals surface area contributed by atoms with Gasteiger partial charge in [-0.3, -0.25) is 19.3 Å². The van der Waals surface area contributed by atoms with Crippen LogP contribution in [0.5, 0.6) is 0 Å². The number of amides is 2. The number of carboxylic acid groups (broad SMARTS) is 1. The Morgan fingerprint density at radius 1 is 1.02 bits per heavy atom. The Labute approximate surface area is 286 Å². The summed E-state index contributed by atoms with van der Waals surface area (Å²) in [4.78, 5) is 46.3. The van der Waals surface area contributed by atoms with E-state index in [0.29, 0.717) is 46.6 Å². The van der Waals surface area contributed by atoms with Gasteiger partial charge in [0.25, 0.3) is 5.91 Å². The lowest BCUT2D eigenvalue weighted by molar-refractivity contribution is -0.153. The van der Waals surface area contributed by atoms with E-state index in [9.17, 15) is 19.5 Å². The zero-order valence-corrected chi connectivity index (χ0v) is 27.8. The first-order valence-corrected chi connectivity index (χ1v) is 16.7. The van der Waals surface area contributed by atoms with E-state index in [1.807, 2.05) is 42.2 Å². The number of nitrogens with one attached hydrogen (secondary N) is 1. The van der Waals surface area contributed by atoms with Gasteiger partial charge in [-0.05, 0) is 68.0 Å². The molecular formula is C34H31Cl4N3O5. The van der Waals surface area contributed by atoms with Gasteiger partial charge in [-0.15, -0.1) is 0 Å². The Bertz CT molecular complexity index is 1730. The summed E-state index contributed by atoms with van der Waals surface area (Å²) in [6.07, 6.45) is 2.21. The van der Waals surface area contributed by atoms with Gasteiger partial charge >= 0.3 is 5.97 Å². The highest BCUT2D eigenvalue weighted by molar-refractivity contribution is 6.38. The lowest BCUT2D eigenvalue weighted by Crippen LogP contribution is -2.55. The Hall–Kier alpha value is -2.85. The number of nitrogens with zero attached hydrogens (tertiary/aromatic N) is 2. The van der Waals surface area contributed by atoms with E-state index in [0.717, 1.165) is 18.4 Å². The lowest BCUT2D eigenvalue weighted by Gasteiger charge is -2.38. The van der Waals surface area contributed by atoms with Gasteiger partial charge in [-0.25, -0.2) is 0 Å². The van der Waals surface area contributed by atoms with Gasteiger partial charge in [0, 0.05) is 45.5 Å². The molecule has 5 atom stereocenters. The van der Waals surface area contributed by atoms with Crippen molar-refractivity contribution in [3.63, 3.8) is 0 Å². The maximum Gasteiger partial charge on any atom is 0.310 e. The molecule has 2 saturated heterocycles. The third-order valence-electron chi connectivity index (χ3n) is 9.82. The van der Waals surface area contributed by atoms with Crippen LogP contribution in [0.3, 0.4) is 0 Å². The Balaban J connectivity index is 1.37. The summed E-state index contributed by atoms with van der Waals surface area (Å²) < 4.78 is 6.53. The number of anilines is 2. The van der Waals surface area contributed by atoms with Gasteiger partial charge in [0.05, 0.1) is 28.8 Å². The number of hydrogen-bond donors (Lipinski definition) is 2. The van der Waals surface area contributed by atoms with Gasteiger partial charge in [0.2, 0.25) is 5.91 Å². The standard InChI is InChI=1S/C34H31Cl4N3O5/c1-33(46-16-19-5-3-2-4-6-19)14-26-27(30(42)40(15-18-7-8-18)23-10-20(35)9-21(36)11-23)28(31(43)44)34(41(26)17-33)24-12-22(37)13-25(38)29(24)39-32(34)45/h2-6,9-13,18,26-28H,7-8,14-17H2,1H3,(H,39,45)(H,43,44)/t26?,27?,28?,33-,34-/m0/s1. The van der Waals surface area contributed by atoms with Crippen molar-refractivity contribution in [3.05, 3.63) is 91.9 Å². The third-order valence-corrected chi connectivity index (χ3v) is 10.8. The van der Waals surface area contributed by atoms with E-state index < -0.39 is 46.8 Å². The van der Waals surface area contributed by atoms with Crippen LogP contribution in [0.1, 0.15) is 37.3 Å². The van der Waals surface area contributed by atoms with E-state index in [4.69, 9.17) is 51.1 Å². The Morgan fingerprint density at radius 3 is 2.35 bits per heavy atom. The molecule has 3 aromatic carbocycles. The SMILES string of the molecule is C[C@]1(OCc2ccccc2)CC2C(C(=O)N(CC3CC3)c3cc(Cl)cc(Cl)c3)C(C(=O)O)[C@@]3(C(=O)Nc4c(Cl)cc(Cl)cc43)N2C1. The van der Waals surface area contributed by atoms with Gasteiger partial charge in [0.1, 0.15) is 11.5 Å². The number of carboxylic acids is 1. The highest BCUT2D eigenvalue weighted by Gasteiger charge is 2.74. The minimum Gasteiger partial charge on any atom is -0.481 e. The fourth-order valence-electron chi connectivity index (χ4n) is 7.72. The number of benzene rings is 3. The van der Waals surface area contributed by atoms with Crippen molar-refractivity contribution in [1.82, 2.24) is 4.90 Å². The molecule has 4 aliphatic rings. The van der Waals surface area contributed by atoms with Crippen LogP contribution in [0.15, 0.2) is 60.7 Å². The van der Waals surface area contributed by atoms with Crippen molar-refractivity contribution in [2.45, 2.75) is 50.0 Å². The summed E-state index contributed by atoms with van der Waals surface area (Å²) in [6.45, 7) is 2.82. The van der Waals surface area contributed by atoms with Crippen molar-refractivity contribution in [2.24, 2.45) is 17.8 Å². The summed E-state index contributed by atoms with van der Waals surface area (Å²) in [6, 6.07) is 17.0. The van der Waals surface area contributed by atoms with Crippen molar-refractivity contribution in [2.75, 3.05) is 23.3 Å². The average Bonchev–Trinajstić information content (AvgIpc) is 3.61. The van der Waals surface area contributed by atoms with Gasteiger partial charge in [-0.1, -0.05) is 76.7 Å². The second kappa shape index (κ2) is 11.7. The van der Waals surface area contributed by atoms with Crippen molar-refractivity contribution >= 4 is 75.6 Å². The molecule has 46 heavy (non-hydrogen) atoms. The smallest absolute Gasteiger partial charge is 0.310 e. The van der Waals surface area contributed by atoms with Crippen molar-refractivity contribution in [1.29, 1.82) is 0 Å². The maximum atomic E-state index is 15.0. The average molecular weight is 703 g/mol. The van der Waals surface area contributed by atoms with Gasteiger partial charge in [0.15, 0.2) is 0 Å². The van der Waals surface area contributed by atoms with Crippen LogP contribution in [-0.4, -0.2) is 52.5 Å². The predicted octanol–water partition coefficient (Wildman–Crippen LogP) is 7.27. The number of aliphatic carboxylic acids is 1. The molecule has 0 bridgehead atoms. The van der Waals surface area contributed by atoms with Gasteiger partial charge in [-0.2, -0.15) is 0 Å². The molecule has 240 valence electrons. The van der Waals surface area contributed by atoms with E-state index in [2.05, 4.69) is 5.32 Å². The molecule has 1 aliphatic carbocycles. The lowest BCUT2D eigenvalue weighted by atomic mass is 9.72. The fraction of sp³-hybridized carbons (Fsp3) is 0.382. The molecule has 12 heteroatoms. The largest absolute Gasteiger partial charge is 0.481 e. The van der Waals surface area contributed by atoms with Crippen LogP contribution in [0, 0.1) is 17.8 Å². The Morgan fingerprint density at radius 2 is 1.70 bits per heavy atom. The van der Waals surface area contributed by atoms with Crippen LogP contribution in [0.25, 0.3) is 0 Å². The number of ether oxygens (including phenoxy) is 1. The number of carbonyl (C=O) groups excluding carboxylic acids is 2. The molecule has 2 amide bonds. The number of hydrogen-bond acceptors (Lipinski definition) is 5. The summed E-state index contributed by atoms with van der Waals surface area (Å²) in [5, 5.41) is 15.0. The predicted molar refractivity (Wildman–Crippen MR) is 178 cm³/mol. The first kappa shape index (κ1) is 31.7. The molecule has 0 aromatic heterocycles. The molecule has 0 radical (unpaired) electrons. The van der Waals surface area contributed by atoms with Crippen LogP contribution < -0.4 is 10.2 Å². The first-order valence-electron chi connectivity index (χ1n) is 15.2. The van der Waals surface area contributed by atoms with E-state index in [1.54, 1.807) is 29.2 Å². The normalized spacial score (nSPS) is 28.3. The zero-order valence-electron chi connectivity index (χ0n) is 24.8. The topological polar surface area (TPSA) is 99.2 Å². The number of carbonyl (C=O) groups is 3. The molecular weight excluding hydrogens is 672 g/mol. The van der Waals surface area contributed by atoms with Crippen molar-refractivity contribution in [3.8, 4) is 0 Å². The number of rotatable bonds is 8. The minimum absolute atomic E-state index is 0.189. The molecule has 8 nitrogen and oxygen atoms in total. The minimum atomic E-state index is -1.77. The van der Waals surface area contributed by atoms with Crippen LogP contribution in [-0.2, 0) is 31.3 Å². The summed E-state index contributed by atoms with van der Waals surface area (Å²) in [5.41, 5.74) is -0.501. The highest BCUT2D eigenvalue weighted by Crippen LogP contribution is 2.61. The Kier molecular flexibility index (Phi) is 8.06. The van der Waals surface area contributed by atoms with E-state index in [-0.39, 0.29) is 22.5 Å². The molecule has 7 rings (SSSR count). The second-order valence-electron chi connectivity index (χ2n) is 13.0. The number of fused-ring (bicyclic) bond motifs is 4. The molecule has 2 N–H and O–H groups in total. The first-order chi connectivity index (χ1) is 21.9. The third kappa shape index (κ3) is 5.27. The highest BCUT2D eigenvalue weighted by atomic mass is 35.5. The summed E-state index contributed by atoms with van der Waals surface area (Å²) in [7, 11) is 0. The quantitative estimate of drug-likeness (QED) is 0.256. The zero-order chi connectivity index (χ0) is 32.5. The van der Waals surface area contributed by atoms with Gasteiger partial charge < -0.3 is 20.1 Å². The van der Waals surface area contributed by atoms with Crippen molar-refractivity contribution < 1.29 is 24.2 Å². The fourth-order valence-corrected chi connectivity index (χ4v) is 8.78.